The van der Waals surface area contributed by atoms with Crippen molar-refractivity contribution < 1.29 is 23.4 Å². The largest absolute Gasteiger partial charge is 0.478 e. The maximum absolute atomic E-state index is 12.2. The molecule has 0 radical (unpaired) electrons. The van der Waals surface area contributed by atoms with E-state index in [1.807, 2.05) is 0 Å². The molecule has 1 aliphatic carbocycles. The Kier molecular flexibility index (Phi) is 4.72. The molecule has 0 spiro atoms. The number of halogens is 1. The minimum Gasteiger partial charge on any atom is -0.478 e. The third kappa shape index (κ3) is 3.82. The molecule has 1 atom stereocenters. The molecule has 0 amide bonds. The predicted molar refractivity (Wildman–Crippen MR) is 79.8 cm³/mol. The van der Waals surface area contributed by atoms with Crippen molar-refractivity contribution in [3.8, 4) is 0 Å². The second-order valence-corrected chi connectivity index (χ2v) is 7.76. The van der Waals surface area contributed by atoms with Crippen molar-refractivity contribution in [1.29, 1.82) is 0 Å². The van der Waals surface area contributed by atoms with Crippen LogP contribution in [-0.2, 0) is 10.0 Å². The highest BCUT2D eigenvalue weighted by Crippen LogP contribution is 2.32. The van der Waals surface area contributed by atoms with Crippen LogP contribution in [0.3, 0.4) is 0 Å². The molecule has 116 valence electrons. The molecule has 21 heavy (non-hydrogen) atoms. The maximum atomic E-state index is 12.2. The molecular weight excluding hydrogens is 362 g/mol. The third-order valence-corrected chi connectivity index (χ3v) is 5.73. The highest BCUT2D eigenvalue weighted by molar-refractivity contribution is 9.10. The number of carboxylic acids is 1. The van der Waals surface area contributed by atoms with Gasteiger partial charge in [-0.1, -0.05) is 15.9 Å². The summed E-state index contributed by atoms with van der Waals surface area (Å²) in [4.78, 5) is 11.0. The lowest BCUT2D eigenvalue weighted by Gasteiger charge is -2.13. The van der Waals surface area contributed by atoms with E-state index in [9.17, 15) is 18.3 Å². The van der Waals surface area contributed by atoms with Crippen LogP contribution in [0.5, 0.6) is 0 Å². The van der Waals surface area contributed by atoms with Crippen LogP contribution >= 0.6 is 15.9 Å². The summed E-state index contributed by atoms with van der Waals surface area (Å²) in [5.41, 5.74) is 0.381. The smallest absolute Gasteiger partial charge is 0.336 e. The Balaban J connectivity index is 2.24. The monoisotopic (exact) mass is 377 g/mol. The van der Waals surface area contributed by atoms with E-state index in [4.69, 9.17) is 5.11 Å². The fraction of sp³-hybridized carbons (Fsp3) is 0.462. The first-order valence-corrected chi connectivity index (χ1v) is 8.71. The van der Waals surface area contributed by atoms with Crippen molar-refractivity contribution in [3.63, 3.8) is 0 Å². The Morgan fingerprint density at radius 3 is 2.62 bits per heavy atom. The lowest BCUT2D eigenvalue weighted by atomic mass is 10.1. The SMILES string of the molecule is Cc1c(Br)cc(S(=O)(=O)NCC(O)C2CC2)cc1C(=O)O. The summed E-state index contributed by atoms with van der Waals surface area (Å²) in [6, 6.07) is 2.47. The molecule has 2 rings (SSSR count). The minimum absolute atomic E-state index is 0.0686. The Morgan fingerprint density at radius 1 is 1.48 bits per heavy atom. The first-order valence-electron chi connectivity index (χ1n) is 6.43. The zero-order valence-corrected chi connectivity index (χ0v) is 13.7. The van der Waals surface area contributed by atoms with Gasteiger partial charge in [-0.3, -0.25) is 0 Å². The fourth-order valence-electron chi connectivity index (χ4n) is 1.96. The van der Waals surface area contributed by atoms with Crippen LogP contribution < -0.4 is 4.72 Å². The van der Waals surface area contributed by atoms with Gasteiger partial charge in [0.25, 0.3) is 0 Å². The number of nitrogens with one attached hydrogen (secondary N) is 1. The summed E-state index contributed by atoms with van der Waals surface area (Å²) in [6.07, 6.45) is 1.11. The highest BCUT2D eigenvalue weighted by Gasteiger charge is 2.30. The molecular formula is C13H16BrNO5S. The Hall–Kier alpha value is -0.960. The summed E-state index contributed by atoms with van der Waals surface area (Å²) >= 11 is 3.17. The zero-order valence-electron chi connectivity index (χ0n) is 11.3. The Labute approximate surface area is 131 Å². The summed E-state index contributed by atoms with van der Waals surface area (Å²) in [5, 5.41) is 18.8. The van der Waals surface area contributed by atoms with Gasteiger partial charge in [0.05, 0.1) is 16.6 Å². The number of hydrogen-bond acceptors (Lipinski definition) is 4. The quantitative estimate of drug-likeness (QED) is 0.696. The molecule has 1 aliphatic rings. The van der Waals surface area contributed by atoms with E-state index in [-0.39, 0.29) is 22.9 Å². The molecule has 8 heteroatoms. The van der Waals surface area contributed by atoms with Gasteiger partial charge in [0.1, 0.15) is 0 Å². The van der Waals surface area contributed by atoms with Crippen LogP contribution in [0, 0.1) is 12.8 Å². The van der Waals surface area contributed by atoms with Crippen LogP contribution in [0.2, 0.25) is 0 Å². The molecule has 0 aromatic heterocycles. The van der Waals surface area contributed by atoms with Gasteiger partial charge in [-0.2, -0.15) is 0 Å². The van der Waals surface area contributed by atoms with Gasteiger partial charge >= 0.3 is 5.97 Å². The molecule has 0 saturated heterocycles. The number of aliphatic hydroxyl groups excluding tert-OH is 1. The van der Waals surface area contributed by atoms with Crippen LogP contribution in [-0.4, -0.2) is 37.2 Å². The van der Waals surface area contributed by atoms with Gasteiger partial charge in [0.15, 0.2) is 0 Å². The molecule has 1 saturated carbocycles. The lowest BCUT2D eigenvalue weighted by molar-refractivity contribution is 0.0695. The molecule has 1 unspecified atom stereocenters. The molecule has 1 fully saturated rings. The van der Waals surface area contributed by atoms with Gasteiger partial charge in [-0.25, -0.2) is 17.9 Å². The molecule has 3 N–H and O–H groups in total. The van der Waals surface area contributed by atoms with Crippen molar-refractivity contribution >= 4 is 31.9 Å². The number of carbonyl (C=O) groups is 1. The van der Waals surface area contributed by atoms with Crippen LogP contribution in [0.1, 0.15) is 28.8 Å². The van der Waals surface area contributed by atoms with Gasteiger partial charge in [-0.05, 0) is 43.4 Å². The molecule has 1 aromatic rings. The van der Waals surface area contributed by atoms with Gasteiger partial charge in [-0.15, -0.1) is 0 Å². The van der Waals surface area contributed by atoms with E-state index >= 15 is 0 Å². The van der Waals surface area contributed by atoms with Gasteiger partial charge in [0, 0.05) is 11.0 Å². The van der Waals surface area contributed by atoms with Crippen LogP contribution in [0.25, 0.3) is 0 Å². The normalized spacial score (nSPS) is 16.7. The van der Waals surface area contributed by atoms with E-state index in [0.29, 0.717) is 10.0 Å². The van der Waals surface area contributed by atoms with E-state index in [2.05, 4.69) is 20.7 Å². The van der Waals surface area contributed by atoms with E-state index in [0.717, 1.165) is 18.9 Å². The van der Waals surface area contributed by atoms with E-state index in [1.54, 1.807) is 6.92 Å². The summed E-state index contributed by atoms with van der Waals surface area (Å²) in [6.45, 7) is 1.52. The number of benzene rings is 1. The Bertz CT molecular complexity index is 669. The van der Waals surface area contributed by atoms with Crippen molar-refractivity contribution in [2.75, 3.05) is 6.54 Å². The average molecular weight is 378 g/mol. The second-order valence-electron chi connectivity index (χ2n) is 5.14. The number of aliphatic hydroxyl groups is 1. The van der Waals surface area contributed by atoms with Crippen molar-refractivity contribution in [2.45, 2.75) is 30.8 Å². The van der Waals surface area contributed by atoms with Crippen molar-refractivity contribution in [2.24, 2.45) is 5.92 Å². The third-order valence-electron chi connectivity index (χ3n) is 3.51. The number of carboxylic acid groups (broad SMARTS) is 1. The number of rotatable bonds is 6. The predicted octanol–water partition coefficient (Wildman–Crippen LogP) is 1.50. The number of aromatic carboxylic acids is 1. The molecule has 0 bridgehead atoms. The van der Waals surface area contributed by atoms with Gasteiger partial charge < -0.3 is 10.2 Å². The maximum Gasteiger partial charge on any atom is 0.336 e. The highest BCUT2D eigenvalue weighted by atomic mass is 79.9. The molecule has 0 heterocycles. The summed E-state index contributed by atoms with van der Waals surface area (Å²) < 4.78 is 27.1. The Morgan fingerprint density at radius 2 is 2.10 bits per heavy atom. The van der Waals surface area contributed by atoms with Crippen molar-refractivity contribution in [1.82, 2.24) is 4.72 Å². The number of sulfonamides is 1. The molecule has 1 aromatic carbocycles. The van der Waals surface area contributed by atoms with Gasteiger partial charge in [0.2, 0.25) is 10.0 Å². The average Bonchev–Trinajstić information content (AvgIpc) is 3.23. The standard InChI is InChI=1S/C13H16BrNO5S/c1-7-10(13(17)18)4-9(5-11(7)14)21(19,20)15-6-12(16)8-2-3-8/h4-5,8,12,15-16H,2-3,6H2,1H3,(H,17,18). The van der Waals surface area contributed by atoms with Crippen molar-refractivity contribution in [3.05, 3.63) is 27.7 Å². The molecule has 0 aliphatic heterocycles. The topological polar surface area (TPSA) is 104 Å². The summed E-state index contributed by atoms with van der Waals surface area (Å²) in [7, 11) is -3.86. The summed E-state index contributed by atoms with van der Waals surface area (Å²) in [5.74, 6) is -1.03. The lowest BCUT2D eigenvalue weighted by Crippen LogP contribution is -2.33. The molecule has 6 nitrogen and oxygen atoms in total. The fourth-order valence-corrected chi connectivity index (χ4v) is 3.67. The number of hydrogen-bond donors (Lipinski definition) is 3. The second kappa shape index (κ2) is 6.04. The first-order chi connectivity index (χ1) is 9.72. The minimum atomic E-state index is -3.86. The van der Waals surface area contributed by atoms with Crippen LogP contribution in [0.4, 0.5) is 0 Å². The first kappa shape index (κ1) is 16.4. The van der Waals surface area contributed by atoms with Crippen LogP contribution in [0.15, 0.2) is 21.5 Å². The van der Waals surface area contributed by atoms with E-state index in [1.165, 1.54) is 6.07 Å². The van der Waals surface area contributed by atoms with E-state index < -0.39 is 22.1 Å². The zero-order chi connectivity index (χ0) is 15.8.